The largest absolute Gasteiger partial charge is 0.492 e. The molecule has 0 bridgehead atoms. The van der Waals surface area contributed by atoms with Gasteiger partial charge in [0, 0.05) is 13.2 Å². The number of nitrogens with one attached hydrogen (secondary N) is 1. The topological polar surface area (TPSA) is 39.1 Å². The number of aryl methyl sites for hydroxylation is 2. The van der Waals surface area contributed by atoms with E-state index in [9.17, 15) is 0 Å². The summed E-state index contributed by atoms with van der Waals surface area (Å²) in [5, 5.41) is 7.68. The number of rotatable bonds is 5. The molecule has 1 N–H and O–H groups in total. The van der Waals surface area contributed by atoms with Gasteiger partial charge in [0.05, 0.1) is 24.0 Å². The average molecular weight is 259 g/mol. The molecule has 0 radical (unpaired) electrons. The van der Waals surface area contributed by atoms with E-state index in [0.717, 1.165) is 17.1 Å². The van der Waals surface area contributed by atoms with Crippen molar-refractivity contribution < 1.29 is 4.74 Å². The lowest BCUT2D eigenvalue weighted by molar-refractivity contribution is 0.341. The van der Waals surface area contributed by atoms with Crippen molar-refractivity contribution in [2.45, 2.75) is 26.8 Å². The van der Waals surface area contributed by atoms with Gasteiger partial charge in [0.1, 0.15) is 5.75 Å². The molecule has 0 aliphatic carbocycles. The van der Waals surface area contributed by atoms with Crippen molar-refractivity contribution in [2.75, 3.05) is 11.9 Å². The first-order valence-corrected chi connectivity index (χ1v) is 6.59. The van der Waals surface area contributed by atoms with Crippen LogP contribution in [0, 0.1) is 6.92 Å². The van der Waals surface area contributed by atoms with Crippen LogP contribution in [-0.2, 0) is 7.05 Å². The zero-order valence-corrected chi connectivity index (χ0v) is 12.0. The Bertz CT molecular complexity index is 548. The van der Waals surface area contributed by atoms with E-state index in [1.165, 1.54) is 5.56 Å². The molecule has 1 unspecified atom stereocenters. The minimum atomic E-state index is 0.175. The van der Waals surface area contributed by atoms with Crippen LogP contribution in [-0.4, -0.2) is 16.4 Å². The second-order valence-corrected chi connectivity index (χ2v) is 4.68. The molecule has 4 heteroatoms. The van der Waals surface area contributed by atoms with Gasteiger partial charge in [0.25, 0.3) is 0 Å². The summed E-state index contributed by atoms with van der Waals surface area (Å²) < 4.78 is 7.56. The predicted octanol–water partition coefficient (Wildman–Crippen LogP) is 3.30. The second-order valence-electron chi connectivity index (χ2n) is 4.68. The quantitative estimate of drug-likeness (QED) is 0.895. The standard InChI is InChI=1S/C15H21N3O/c1-5-19-15-10-11(2)6-7-13(15)17-12(3)14-8-9-16-18(14)4/h6-10,12,17H,5H2,1-4H3. The van der Waals surface area contributed by atoms with Crippen LogP contribution in [0.4, 0.5) is 5.69 Å². The molecule has 1 atom stereocenters. The van der Waals surface area contributed by atoms with Gasteiger partial charge < -0.3 is 10.1 Å². The Morgan fingerprint density at radius 1 is 1.37 bits per heavy atom. The van der Waals surface area contributed by atoms with Crippen LogP contribution >= 0.6 is 0 Å². The maximum Gasteiger partial charge on any atom is 0.142 e. The normalized spacial score (nSPS) is 12.2. The maximum absolute atomic E-state index is 5.68. The third-order valence-electron chi connectivity index (χ3n) is 3.11. The molecule has 102 valence electrons. The summed E-state index contributed by atoms with van der Waals surface area (Å²) in [6.45, 7) is 6.85. The van der Waals surface area contributed by atoms with Crippen molar-refractivity contribution in [1.29, 1.82) is 0 Å². The fourth-order valence-electron chi connectivity index (χ4n) is 2.14. The van der Waals surface area contributed by atoms with E-state index in [0.29, 0.717) is 6.61 Å². The molecule has 19 heavy (non-hydrogen) atoms. The van der Waals surface area contributed by atoms with Crippen molar-refractivity contribution in [3.05, 3.63) is 41.7 Å². The summed E-state index contributed by atoms with van der Waals surface area (Å²) in [6.07, 6.45) is 1.81. The van der Waals surface area contributed by atoms with Crippen LogP contribution in [0.1, 0.15) is 31.1 Å². The Hall–Kier alpha value is -1.97. The summed E-state index contributed by atoms with van der Waals surface area (Å²) >= 11 is 0. The van der Waals surface area contributed by atoms with Gasteiger partial charge in [-0.15, -0.1) is 0 Å². The lowest BCUT2D eigenvalue weighted by Gasteiger charge is -2.18. The molecule has 0 saturated carbocycles. The van der Waals surface area contributed by atoms with E-state index < -0.39 is 0 Å². The van der Waals surface area contributed by atoms with Gasteiger partial charge in [-0.2, -0.15) is 5.10 Å². The van der Waals surface area contributed by atoms with Crippen molar-refractivity contribution in [2.24, 2.45) is 7.05 Å². The number of hydrogen-bond donors (Lipinski definition) is 1. The van der Waals surface area contributed by atoms with E-state index in [4.69, 9.17) is 4.74 Å². The van der Waals surface area contributed by atoms with E-state index in [1.807, 2.05) is 30.9 Å². The first kappa shape index (κ1) is 13.5. The zero-order valence-electron chi connectivity index (χ0n) is 12.0. The monoisotopic (exact) mass is 259 g/mol. The van der Waals surface area contributed by atoms with E-state index in [2.05, 4.69) is 42.5 Å². The Labute approximate surface area is 114 Å². The number of ether oxygens (including phenoxy) is 1. The summed E-state index contributed by atoms with van der Waals surface area (Å²) in [4.78, 5) is 0. The molecule has 0 spiro atoms. The molecule has 2 rings (SSSR count). The lowest BCUT2D eigenvalue weighted by Crippen LogP contribution is -2.12. The van der Waals surface area contributed by atoms with Gasteiger partial charge in [-0.05, 0) is 44.5 Å². The zero-order chi connectivity index (χ0) is 13.8. The van der Waals surface area contributed by atoms with Crippen LogP contribution in [0.5, 0.6) is 5.75 Å². The minimum Gasteiger partial charge on any atom is -0.492 e. The van der Waals surface area contributed by atoms with Crippen LogP contribution in [0.25, 0.3) is 0 Å². The predicted molar refractivity (Wildman–Crippen MR) is 77.6 cm³/mol. The molecule has 1 heterocycles. The van der Waals surface area contributed by atoms with Gasteiger partial charge in [-0.3, -0.25) is 4.68 Å². The number of nitrogens with zero attached hydrogens (tertiary/aromatic N) is 2. The van der Waals surface area contributed by atoms with Crippen molar-refractivity contribution in [3.8, 4) is 5.75 Å². The molecule has 1 aromatic heterocycles. The number of benzene rings is 1. The third-order valence-corrected chi connectivity index (χ3v) is 3.11. The highest BCUT2D eigenvalue weighted by atomic mass is 16.5. The molecule has 0 aliphatic heterocycles. The first-order valence-electron chi connectivity index (χ1n) is 6.59. The summed E-state index contributed by atoms with van der Waals surface area (Å²) in [5.41, 5.74) is 3.35. The van der Waals surface area contributed by atoms with Gasteiger partial charge in [0.2, 0.25) is 0 Å². The Balaban J connectivity index is 2.21. The van der Waals surface area contributed by atoms with Crippen molar-refractivity contribution in [1.82, 2.24) is 9.78 Å². The molecule has 4 nitrogen and oxygen atoms in total. The smallest absolute Gasteiger partial charge is 0.142 e. The Kier molecular flexibility index (Phi) is 4.10. The SMILES string of the molecule is CCOc1cc(C)ccc1NC(C)c1ccnn1C. The summed E-state index contributed by atoms with van der Waals surface area (Å²) in [7, 11) is 1.95. The van der Waals surface area contributed by atoms with E-state index in [-0.39, 0.29) is 6.04 Å². The molecule has 0 amide bonds. The first-order chi connectivity index (χ1) is 9.11. The molecule has 0 saturated heterocycles. The number of anilines is 1. The van der Waals surface area contributed by atoms with Gasteiger partial charge in [-0.1, -0.05) is 6.07 Å². The van der Waals surface area contributed by atoms with Crippen molar-refractivity contribution in [3.63, 3.8) is 0 Å². The Morgan fingerprint density at radius 2 is 2.16 bits per heavy atom. The van der Waals surface area contributed by atoms with Crippen LogP contribution in [0.3, 0.4) is 0 Å². The lowest BCUT2D eigenvalue weighted by atomic mass is 10.1. The highest BCUT2D eigenvalue weighted by Crippen LogP contribution is 2.29. The Morgan fingerprint density at radius 3 is 2.79 bits per heavy atom. The van der Waals surface area contributed by atoms with Crippen molar-refractivity contribution >= 4 is 5.69 Å². The van der Waals surface area contributed by atoms with Crippen LogP contribution in [0.2, 0.25) is 0 Å². The van der Waals surface area contributed by atoms with Gasteiger partial charge >= 0.3 is 0 Å². The van der Waals surface area contributed by atoms with Crippen LogP contribution < -0.4 is 10.1 Å². The summed E-state index contributed by atoms with van der Waals surface area (Å²) in [6, 6.07) is 8.40. The fourth-order valence-corrected chi connectivity index (χ4v) is 2.14. The third kappa shape index (κ3) is 3.08. The molecule has 0 fully saturated rings. The summed E-state index contributed by atoms with van der Waals surface area (Å²) in [5.74, 6) is 0.900. The number of aromatic nitrogens is 2. The van der Waals surface area contributed by atoms with Crippen LogP contribution in [0.15, 0.2) is 30.5 Å². The molecular formula is C15H21N3O. The highest BCUT2D eigenvalue weighted by molar-refractivity contribution is 5.58. The van der Waals surface area contributed by atoms with Gasteiger partial charge in [0.15, 0.2) is 0 Å². The molecule has 1 aromatic carbocycles. The molecule has 2 aromatic rings. The molecule has 0 aliphatic rings. The fraction of sp³-hybridized carbons (Fsp3) is 0.400. The molecular weight excluding hydrogens is 238 g/mol. The maximum atomic E-state index is 5.68. The highest BCUT2D eigenvalue weighted by Gasteiger charge is 2.12. The second kappa shape index (κ2) is 5.78. The number of hydrogen-bond acceptors (Lipinski definition) is 3. The minimum absolute atomic E-state index is 0.175. The average Bonchev–Trinajstić information content (AvgIpc) is 2.79. The van der Waals surface area contributed by atoms with Gasteiger partial charge in [-0.25, -0.2) is 0 Å². The van der Waals surface area contributed by atoms with E-state index in [1.54, 1.807) is 0 Å². The van der Waals surface area contributed by atoms with E-state index >= 15 is 0 Å².